The summed E-state index contributed by atoms with van der Waals surface area (Å²) in [5, 5.41) is 1.49. The second-order valence-electron chi connectivity index (χ2n) is 3.79. The van der Waals surface area contributed by atoms with Crippen LogP contribution >= 0.6 is 0 Å². The Bertz CT molecular complexity index is 424. The van der Waals surface area contributed by atoms with Gasteiger partial charge in [-0.05, 0) is 0 Å². The van der Waals surface area contributed by atoms with Crippen molar-refractivity contribution >= 4 is 24.1 Å². The molecule has 0 unspecified atom stereocenters. The average molecular weight is 237 g/mol. The first kappa shape index (κ1) is 9.05. The van der Waals surface area contributed by atoms with Gasteiger partial charge in [0, 0.05) is 0 Å². The van der Waals surface area contributed by atoms with Gasteiger partial charge in [-0.3, -0.25) is 0 Å². The predicted octanol–water partition coefficient (Wildman–Crippen LogP) is 3.33. The molecule has 0 atom stereocenters. The van der Waals surface area contributed by atoms with E-state index in [1.807, 2.05) is 0 Å². The van der Waals surface area contributed by atoms with E-state index in [1.54, 1.807) is 9.82 Å². The number of fused-ring (bicyclic) bond motifs is 1. The molecule has 1 heteroatoms. The summed E-state index contributed by atoms with van der Waals surface area (Å²) in [6, 6.07) is 6.84. The van der Waals surface area contributed by atoms with Crippen molar-refractivity contribution in [1.82, 2.24) is 0 Å². The fraction of sp³-hybridized carbons (Fsp3) is 0.333. The fourth-order valence-corrected chi connectivity index (χ4v) is 4.06. The first-order chi connectivity index (χ1) is 6.20. The van der Waals surface area contributed by atoms with Crippen molar-refractivity contribution < 1.29 is 0 Å². The molecule has 13 heavy (non-hydrogen) atoms. The van der Waals surface area contributed by atoms with Gasteiger partial charge < -0.3 is 0 Å². The molecule has 68 valence electrons. The molecule has 0 saturated carbocycles. The van der Waals surface area contributed by atoms with Crippen LogP contribution in [0.1, 0.15) is 30.9 Å². The van der Waals surface area contributed by atoms with Crippen molar-refractivity contribution in [2.75, 3.05) is 0 Å². The maximum atomic E-state index is 2.33. The summed E-state index contributed by atoms with van der Waals surface area (Å²) in [5.41, 5.74) is 2.97. The molecule has 0 aliphatic rings. The van der Waals surface area contributed by atoms with E-state index in [0.29, 0.717) is 20.4 Å². The van der Waals surface area contributed by atoms with Crippen molar-refractivity contribution in [2.24, 2.45) is 0 Å². The van der Waals surface area contributed by atoms with Crippen LogP contribution in [0.5, 0.6) is 0 Å². The first-order valence-electron chi connectivity index (χ1n) is 4.67. The molecule has 0 nitrogen and oxygen atoms in total. The summed E-state index contributed by atoms with van der Waals surface area (Å²) in [5.74, 6) is 0.663. The Morgan fingerprint density at radius 1 is 1.15 bits per heavy atom. The fourth-order valence-electron chi connectivity index (χ4n) is 1.68. The summed E-state index contributed by atoms with van der Waals surface area (Å²) in [4.78, 5) is 2.33. The third-order valence-electron chi connectivity index (χ3n) is 2.49. The van der Waals surface area contributed by atoms with E-state index in [-0.39, 0.29) is 0 Å². The molecule has 0 spiro atoms. The van der Waals surface area contributed by atoms with Crippen LogP contribution in [0.25, 0.3) is 9.65 Å². The molecule has 1 heterocycles. The first-order valence-corrected chi connectivity index (χ1v) is 6.51. The van der Waals surface area contributed by atoms with E-state index in [4.69, 9.17) is 0 Å². The molecule has 2 aromatic rings. The minimum absolute atomic E-state index is 0.584. The topological polar surface area (TPSA) is 0 Å². The van der Waals surface area contributed by atoms with Gasteiger partial charge in [0.2, 0.25) is 0 Å². The molecule has 0 fully saturated rings. The van der Waals surface area contributed by atoms with E-state index >= 15 is 0 Å². The van der Waals surface area contributed by atoms with Crippen LogP contribution in [0.3, 0.4) is 0 Å². The van der Waals surface area contributed by atoms with Gasteiger partial charge in [-0.25, -0.2) is 0 Å². The molecule has 0 aliphatic carbocycles. The van der Waals surface area contributed by atoms with Crippen molar-refractivity contribution in [2.45, 2.75) is 26.7 Å². The third-order valence-corrected chi connectivity index (χ3v) is 4.51. The molecule has 0 bridgehead atoms. The van der Waals surface area contributed by atoms with E-state index in [0.717, 1.165) is 0 Å². The molecule has 2 rings (SSSR count). The Kier molecular flexibility index (Phi) is 2.31. The monoisotopic (exact) mass is 238 g/mol. The molecule has 0 N–H and O–H groups in total. The molecule has 0 amide bonds. The Morgan fingerprint density at radius 3 is 2.62 bits per heavy atom. The average Bonchev–Trinajstić information content (AvgIpc) is 2.53. The zero-order valence-electron chi connectivity index (χ0n) is 8.29. The van der Waals surface area contributed by atoms with E-state index in [1.165, 1.54) is 10.9 Å². The van der Waals surface area contributed by atoms with Crippen LogP contribution in [0.15, 0.2) is 23.1 Å². The summed E-state index contributed by atoms with van der Waals surface area (Å²) >= 11 is 0.584. The second kappa shape index (κ2) is 3.32. The van der Waals surface area contributed by atoms with Gasteiger partial charge in [0.1, 0.15) is 0 Å². The molecule has 1 aromatic carbocycles. The minimum atomic E-state index is 0.584. The van der Waals surface area contributed by atoms with Gasteiger partial charge in [-0.1, -0.05) is 0 Å². The Labute approximate surface area is 85.3 Å². The summed E-state index contributed by atoms with van der Waals surface area (Å²) < 4.78 is 1.61. The maximum absolute atomic E-state index is 2.33. The number of rotatable bonds is 1. The van der Waals surface area contributed by atoms with Gasteiger partial charge in [-0.2, -0.15) is 0 Å². The third kappa shape index (κ3) is 1.47. The van der Waals surface area contributed by atoms with Crippen molar-refractivity contribution in [3.8, 4) is 0 Å². The quantitative estimate of drug-likeness (QED) is 0.667. The Hall–Kier alpha value is -0.521. The van der Waals surface area contributed by atoms with Crippen LogP contribution in [-0.2, 0) is 0 Å². The van der Waals surface area contributed by atoms with Gasteiger partial charge in [-0.15, -0.1) is 0 Å². The Balaban J connectivity index is 2.78. The standard InChI is InChI=1S/C12H14Se/c1-8(2)10-5-4-9(3)11-6-7-13-12(10)11/h4-8H,1-3H3. The van der Waals surface area contributed by atoms with Crippen molar-refractivity contribution in [3.63, 3.8) is 0 Å². The molecular weight excluding hydrogens is 223 g/mol. The molecule has 0 radical (unpaired) electrons. The SMILES string of the molecule is Cc1ccc(C(C)C)c2[se]ccc12. The van der Waals surface area contributed by atoms with E-state index in [9.17, 15) is 0 Å². The van der Waals surface area contributed by atoms with Gasteiger partial charge in [0.05, 0.1) is 0 Å². The van der Waals surface area contributed by atoms with Crippen LogP contribution in [0.2, 0.25) is 0 Å². The summed E-state index contributed by atoms with van der Waals surface area (Å²) in [7, 11) is 0. The summed E-state index contributed by atoms with van der Waals surface area (Å²) in [6.45, 7) is 6.76. The second-order valence-corrected chi connectivity index (χ2v) is 5.71. The van der Waals surface area contributed by atoms with Crippen molar-refractivity contribution in [3.05, 3.63) is 34.3 Å². The van der Waals surface area contributed by atoms with E-state index < -0.39 is 0 Å². The van der Waals surface area contributed by atoms with Gasteiger partial charge in [0.15, 0.2) is 0 Å². The van der Waals surface area contributed by atoms with Crippen LogP contribution < -0.4 is 0 Å². The normalized spacial score (nSPS) is 11.4. The molecule has 0 aliphatic heterocycles. The van der Waals surface area contributed by atoms with Crippen LogP contribution in [0.4, 0.5) is 0 Å². The molecule has 1 aromatic heterocycles. The van der Waals surface area contributed by atoms with Crippen molar-refractivity contribution in [1.29, 1.82) is 0 Å². The number of hydrogen-bond donors (Lipinski definition) is 0. The van der Waals surface area contributed by atoms with E-state index in [2.05, 4.69) is 43.9 Å². The number of hydrogen-bond acceptors (Lipinski definition) is 0. The van der Waals surface area contributed by atoms with Gasteiger partial charge >= 0.3 is 85.1 Å². The zero-order valence-corrected chi connectivity index (χ0v) is 10.0. The number of benzene rings is 1. The predicted molar refractivity (Wildman–Crippen MR) is 59.7 cm³/mol. The zero-order chi connectivity index (χ0) is 9.42. The Morgan fingerprint density at radius 2 is 1.92 bits per heavy atom. The van der Waals surface area contributed by atoms with Gasteiger partial charge in [0.25, 0.3) is 0 Å². The molecular formula is C12H14Se. The summed E-state index contributed by atoms with van der Waals surface area (Å²) in [6.07, 6.45) is 0. The molecule has 0 saturated heterocycles. The van der Waals surface area contributed by atoms with Crippen LogP contribution in [0, 0.1) is 6.92 Å². The number of aryl methyl sites for hydroxylation is 1. The van der Waals surface area contributed by atoms with Crippen LogP contribution in [-0.4, -0.2) is 14.5 Å².